The zero-order chi connectivity index (χ0) is 11.5. The standard InChI is InChI=1S/C13H26N2/c1-11(2)6-8-15-9-7-14-12(10-15)13(3,4)5/h6,12,14H,7-10H2,1-5H3. The van der Waals surface area contributed by atoms with E-state index >= 15 is 0 Å². The van der Waals surface area contributed by atoms with E-state index in [0.717, 1.165) is 13.1 Å². The van der Waals surface area contributed by atoms with E-state index in [1.165, 1.54) is 18.7 Å². The van der Waals surface area contributed by atoms with Gasteiger partial charge in [-0.15, -0.1) is 0 Å². The first-order valence-electron chi connectivity index (χ1n) is 5.98. The molecule has 0 bridgehead atoms. The van der Waals surface area contributed by atoms with E-state index in [0.29, 0.717) is 11.5 Å². The van der Waals surface area contributed by atoms with Gasteiger partial charge in [0.1, 0.15) is 0 Å². The molecule has 1 aliphatic rings. The molecule has 1 heterocycles. The fourth-order valence-electron chi connectivity index (χ4n) is 1.87. The molecule has 1 fully saturated rings. The van der Waals surface area contributed by atoms with Crippen LogP contribution >= 0.6 is 0 Å². The maximum Gasteiger partial charge on any atom is 0.0244 e. The lowest BCUT2D eigenvalue weighted by molar-refractivity contribution is 0.144. The molecule has 1 atom stereocenters. The van der Waals surface area contributed by atoms with E-state index in [1.54, 1.807) is 0 Å². The van der Waals surface area contributed by atoms with Crippen molar-refractivity contribution in [3.05, 3.63) is 11.6 Å². The van der Waals surface area contributed by atoms with Gasteiger partial charge in [0.05, 0.1) is 0 Å². The third kappa shape index (κ3) is 4.35. The van der Waals surface area contributed by atoms with E-state index in [4.69, 9.17) is 0 Å². The van der Waals surface area contributed by atoms with E-state index < -0.39 is 0 Å². The van der Waals surface area contributed by atoms with Crippen molar-refractivity contribution in [3.63, 3.8) is 0 Å². The third-order valence-corrected chi connectivity index (χ3v) is 3.06. The lowest BCUT2D eigenvalue weighted by atomic mass is 9.85. The summed E-state index contributed by atoms with van der Waals surface area (Å²) in [6.07, 6.45) is 2.32. The van der Waals surface area contributed by atoms with Gasteiger partial charge >= 0.3 is 0 Å². The SMILES string of the molecule is CC(C)=CCN1CCNC(C(C)(C)C)C1. The Balaban J connectivity index is 2.46. The third-order valence-electron chi connectivity index (χ3n) is 3.06. The van der Waals surface area contributed by atoms with E-state index in [9.17, 15) is 0 Å². The van der Waals surface area contributed by atoms with Gasteiger partial charge in [0.2, 0.25) is 0 Å². The van der Waals surface area contributed by atoms with Crippen LogP contribution in [-0.4, -0.2) is 37.1 Å². The summed E-state index contributed by atoms with van der Waals surface area (Å²) in [4.78, 5) is 2.54. The molecule has 0 saturated carbocycles. The Bertz CT molecular complexity index is 221. The first kappa shape index (κ1) is 12.7. The summed E-state index contributed by atoms with van der Waals surface area (Å²) < 4.78 is 0. The quantitative estimate of drug-likeness (QED) is 0.703. The summed E-state index contributed by atoms with van der Waals surface area (Å²) in [6, 6.07) is 0.622. The fourth-order valence-corrected chi connectivity index (χ4v) is 1.87. The molecule has 0 radical (unpaired) electrons. The number of nitrogens with one attached hydrogen (secondary N) is 1. The van der Waals surface area contributed by atoms with Crippen molar-refractivity contribution in [2.75, 3.05) is 26.2 Å². The monoisotopic (exact) mass is 210 g/mol. The van der Waals surface area contributed by atoms with Gasteiger partial charge < -0.3 is 5.32 Å². The molecule has 1 rings (SSSR count). The molecule has 2 nitrogen and oxygen atoms in total. The average Bonchev–Trinajstić information content (AvgIpc) is 2.14. The van der Waals surface area contributed by atoms with Gasteiger partial charge in [-0.25, -0.2) is 0 Å². The minimum Gasteiger partial charge on any atom is -0.311 e. The van der Waals surface area contributed by atoms with Crippen molar-refractivity contribution in [2.24, 2.45) is 5.41 Å². The molecular formula is C13H26N2. The first-order chi connectivity index (χ1) is 6.89. The Morgan fingerprint density at radius 1 is 1.40 bits per heavy atom. The van der Waals surface area contributed by atoms with Crippen LogP contribution in [0.2, 0.25) is 0 Å². The second-order valence-corrected chi connectivity index (χ2v) is 5.91. The molecule has 1 aliphatic heterocycles. The van der Waals surface area contributed by atoms with E-state index in [2.05, 4.69) is 50.9 Å². The average molecular weight is 210 g/mol. The van der Waals surface area contributed by atoms with Crippen molar-refractivity contribution in [3.8, 4) is 0 Å². The van der Waals surface area contributed by atoms with Gasteiger partial charge in [-0.1, -0.05) is 32.4 Å². The molecule has 88 valence electrons. The van der Waals surface area contributed by atoms with Crippen LogP contribution in [0.25, 0.3) is 0 Å². The maximum absolute atomic E-state index is 3.61. The zero-order valence-electron chi connectivity index (χ0n) is 10.9. The highest BCUT2D eigenvalue weighted by Crippen LogP contribution is 2.21. The summed E-state index contributed by atoms with van der Waals surface area (Å²) >= 11 is 0. The molecular weight excluding hydrogens is 184 g/mol. The van der Waals surface area contributed by atoms with Crippen LogP contribution in [-0.2, 0) is 0 Å². The normalized spacial score (nSPS) is 23.9. The molecule has 1 saturated heterocycles. The highest BCUT2D eigenvalue weighted by atomic mass is 15.2. The molecule has 0 amide bonds. The van der Waals surface area contributed by atoms with Crippen LogP contribution in [0.1, 0.15) is 34.6 Å². The van der Waals surface area contributed by atoms with Gasteiger partial charge in [0, 0.05) is 32.2 Å². The number of rotatable bonds is 2. The predicted octanol–water partition coefficient (Wildman–Crippen LogP) is 2.27. The Morgan fingerprint density at radius 3 is 2.60 bits per heavy atom. The molecule has 0 aromatic rings. The number of hydrogen-bond acceptors (Lipinski definition) is 2. The second-order valence-electron chi connectivity index (χ2n) is 5.91. The zero-order valence-corrected chi connectivity index (χ0v) is 10.9. The minimum absolute atomic E-state index is 0.365. The van der Waals surface area contributed by atoms with Gasteiger partial charge in [-0.3, -0.25) is 4.90 Å². The lowest BCUT2D eigenvalue weighted by Crippen LogP contribution is -2.55. The number of hydrogen-bond donors (Lipinski definition) is 1. The molecule has 0 aromatic heterocycles. The number of piperazine rings is 1. The van der Waals surface area contributed by atoms with Crippen molar-refractivity contribution in [2.45, 2.75) is 40.7 Å². The van der Waals surface area contributed by atoms with Gasteiger partial charge in [-0.2, -0.15) is 0 Å². The highest BCUT2D eigenvalue weighted by molar-refractivity contribution is 4.97. The fraction of sp³-hybridized carbons (Fsp3) is 0.846. The van der Waals surface area contributed by atoms with Crippen molar-refractivity contribution < 1.29 is 0 Å². The van der Waals surface area contributed by atoms with E-state index in [-0.39, 0.29) is 0 Å². The van der Waals surface area contributed by atoms with Gasteiger partial charge in [-0.05, 0) is 19.3 Å². The van der Waals surface area contributed by atoms with E-state index in [1.807, 2.05) is 0 Å². The summed E-state index contributed by atoms with van der Waals surface area (Å²) in [5.74, 6) is 0. The predicted molar refractivity (Wildman–Crippen MR) is 67.1 cm³/mol. The molecule has 1 unspecified atom stereocenters. The molecule has 0 spiro atoms. The van der Waals surface area contributed by atoms with Crippen LogP contribution in [0.3, 0.4) is 0 Å². The lowest BCUT2D eigenvalue weighted by Gasteiger charge is -2.40. The molecule has 0 aliphatic carbocycles. The van der Waals surface area contributed by atoms with Crippen LogP contribution in [0.15, 0.2) is 11.6 Å². The van der Waals surface area contributed by atoms with Gasteiger partial charge in [0.15, 0.2) is 0 Å². The molecule has 1 N–H and O–H groups in total. The van der Waals surface area contributed by atoms with Crippen molar-refractivity contribution >= 4 is 0 Å². The Morgan fingerprint density at radius 2 is 2.07 bits per heavy atom. The Hall–Kier alpha value is -0.340. The van der Waals surface area contributed by atoms with Crippen LogP contribution < -0.4 is 5.32 Å². The maximum atomic E-state index is 3.61. The van der Waals surface area contributed by atoms with Crippen molar-refractivity contribution in [1.82, 2.24) is 10.2 Å². The largest absolute Gasteiger partial charge is 0.311 e. The Kier molecular flexibility index (Phi) is 4.35. The minimum atomic E-state index is 0.365. The summed E-state index contributed by atoms with van der Waals surface area (Å²) in [6.45, 7) is 15.9. The summed E-state index contributed by atoms with van der Waals surface area (Å²) in [5.41, 5.74) is 1.78. The van der Waals surface area contributed by atoms with Crippen LogP contribution in [0.5, 0.6) is 0 Å². The summed E-state index contributed by atoms with van der Waals surface area (Å²) in [7, 11) is 0. The smallest absolute Gasteiger partial charge is 0.0244 e. The molecule has 15 heavy (non-hydrogen) atoms. The summed E-state index contributed by atoms with van der Waals surface area (Å²) in [5, 5.41) is 3.61. The van der Waals surface area contributed by atoms with Crippen LogP contribution in [0.4, 0.5) is 0 Å². The number of nitrogens with zero attached hydrogens (tertiary/aromatic N) is 1. The van der Waals surface area contributed by atoms with Gasteiger partial charge in [0.25, 0.3) is 0 Å². The number of allylic oxidation sites excluding steroid dienone is 1. The topological polar surface area (TPSA) is 15.3 Å². The van der Waals surface area contributed by atoms with Crippen LogP contribution in [0, 0.1) is 5.41 Å². The Labute approximate surface area is 94.7 Å². The molecule has 2 heteroatoms. The second kappa shape index (κ2) is 5.13. The molecule has 0 aromatic carbocycles. The highest BCUT2D eigenvalue weighted by Gasteiger charge is 2.28. The van der Waals surface area contributed by atoms with Crippen molar-refractivity contribution in [1.29, 1.82) is 0 Å². The first-order valence-corrected chi connectivity index (χ1v) is 5.98.